The number of aromatic nitrogens is 2. The van der Waals surface area contributed by atoms with E-state index in [0.29, 0.717) is 18.0 Å². The number of hydrogen-bond donors (Lipinski definition) is 1. The van der Waals surface area contributed by atoms with Gasteiger partial charge < -0.3 is 10.2 Å². The Morgan fingerprint density at radius 2 is 1.77 bits per heavy atom. The Morgan fingerprint density at radius 3 is 2.39 bits per heavy atom. The van der Waals surface area contributed by atoms with Crippen molar-refractivity contribution >= 4 is 39.8 Å². The van der Waals surface area contributed by atoms with Gasteiger partial charge in [0.15, 0.2) is 15.8 Å². The van der Waals surface area contributed by atoms with Gasteiger partial charge >= 0.3 is 0 Å². The van der Waals surface area contributed by atoms with Crippen LogP contribution in [-0.4, -0.2) is 56.0 Å². The van der Waals surface area contributed by atoms with Crippen LogP contribution in [0.3, 0.4) is 0 Å². The lowest BCUT2D eigenvalue weighted by molar-refractivity contribution is 0.477. The Balaban J connectivity index is 0.00000341. The fraction of sp³-hybridized carbons (Fsp3) is 0.273. The van der Waals surface area contributed by atoms with E-state index in [0.717, 1.165) is 29.2 Å². The largest absolute Gasteiger partial charge is 0.356 e. The number of para-hydroxylation sites is 1. The maximum absolute atomic E-state index is 11.6. The summed E-state index contributed by atoms with van der Waals surface area (Å²) in [4.78, 5) is 6.73. The van der Waals surface area contributed by atoms with E-state index in [1.165, 1.54) is 6.26 Å². The van der Waals surface area contributed by atoms with Gasteiger partial charge in [-0.15, -0.1) is 24.0 Å². The van der Waals surface area contributed by atoms with Crippen LogP contribution in [0.15, 0.2) is 76.9 Å². The highest BCUT2D eigenvalue weighted by Gasteiger charge is 2.09. The fourth-order valence-electron chi connectivity index (χ4n) is 3.12. The van der Waals surface area contributed by atoms with Crippen LogP contribution in [0.25, 0.3) is 5.69 Å². The van der Waals surface area contributed by atoms with Gasteiger partial charge in [-0.05, 0) is 36.2 Å². The van der Waals surface area contributed by atoms with Crippen LogP contribution < -0.4 is 5.32 Å². The molecule has 0 radical (unpaired) electrons. The molecule has 0 atom stereocenters. The monoisotopic (exact) mass is 553 g/mol. The second kappa shape index (κ2) is 11.3. The van der Waals surface area contributed by atoms with E-state index < -0.39 is 9.84 Å². The quantitative estimate of drug-likeness (QED) is 0.277. The van der Waals surface area contributed by atoms with E-state index >= 15 is 0 Å². The van der Waals surface area contributed by atoms with Crippen molar-refractivity contribution in [2.75, 3.05) is 26.9 Å². The molecule has 1 heterocycles. The molecule has 0 aliphatic heterocycles. The molecule has 0 spiro atoms. The van der Waals surface area contributed by atoms with Crippen molar-refractivity contribution in [3.05, 3.63) is 78.1 Å². The summed E-state index contributed by atoms with van der Waals surface area (Å²) < 4.78 is 25.0. The van der Waals surface area contributed by atoms with Crippen LogP contribution in [0.2, 0.25) is 0 Å². The van der Waals surface area contributed by atoms with Crippen molar-refractivity contribution in [2.45, 2.75) is 17.9 Å². The van der Waals surface area contributed by atoms with Crippen LogP contribution >= 0.6 is 24.0 Å². The van der Waals surface area contributed by atoms with Gasteiger partial charge in [0.25, 0.3) is 0 Å². The second-order valence-electron chi connectivity index (χ2n) is 7.12. The molecular formula is C22H28IN5O2S. The number of halogens is 1. The Morgan fingerprint density at radius 1 is 1.10 bits per heavy atom. The van der Waals surface area contributed by atoms with Crippen molar-refractivity contribution < 1.29 is 8.42 Å². The first kappa shape index (κ1) is 24.9. The zero-order valence-corrected chi connectivity index (χ0v) is 21.0. The minimum absolute atomic E-state index is 0. The zero-order valence-electron chi connectivity index (χ0n) is 17.9. The first-order valence-electron chi connectivity index (χ1n) is 9.66. The molecule has 0 bridgehead atoms. The summed E-state index contributed by atoms with van der Waals surface area (Å²) in [6.07, 6.45) is 5.86. The smallest absolute Gasteiger partial charge is 0.193 e. The number of benzene rings is 2. The van der Waals surface area contributed by atoms with Crippen LogP contribution in [0.5, 0.6) is 0 Å². The highest BCUT2D eigenvalue weighted by atomic mass is 127. The maximum atomic E-state index is 11.6. The van der Waals surface area contributed by atoms with Crippen LogP contribution in [-0.2, 0) is 22.8 Å². The standard InChI is InChI=1S/C22H27N5O2S.HI/c1-23-22(24-14-13-18-9-11-21(12-10-18)30(3,28)29)26(2)16-19-15-25-27(17-19)20-7-5-4-6-8-20;/h4-12,15,17H,13-14,16H2,1-3H3,(H,23,24);1H. The summed E-state index contributed by atoms with van der Waals surface area (Å²) in [6.45, 7) is 1.37. The Kier molecular flexibility index (Phi) is 9.05. The topological polar surface area (TPSA) is 79.6 Å². The lowest BCUT2D eigenvalue weighted by Crippen LogP contribution is -2.39. The van der Waals surface area contributed by atoms with Gasteiger partial charge in [-0.25, -0.2) is 13.1 Å². The molecule has 31 heavy (non-hydrogen) atoms. The molecule has 1 aromatic heterocycles. The van der Waals surface area contributed by atoms with E-state index in [1.807, 2.05) is 71.5 Å². The number of aliphatic imine (C=N–C) groups is 1. The summed E-state index contributed by atoms with van der Waals surface area (Å²) >= 11 is 0. The molecule has 3 rings (SSSR count). The fourth-order valence-corrected chi connectivity index (χ4v) is 3.75. The number of sulfone groups is 1. The molecule has 0 saturated carbocycles. The average Bonchev–Trinajstić information content (AvgIpc) is 3.20. The van der Waals surface area contributed by atoms with Gasteiger partial charge in [-0.1, -0.05) is 30.3 Å². The lowest BCUT2D eigenvalue weighted by Gasteiger charge is -2.21. The molecule has 7 nitrogen and oxygen atoms in total. The molecule has 3 aromatic rings. The summed E-state index contributed by atoms with van der Waals surface area (Å²) in [5.74, 6) is 0.787. The molecule has 0 aliphatic carbocycles. The number of nitrogens with one attached hydrogen (secondary N) is 1. The second-order valence-corrected chi connectivity index (χ2v) is 9.14. The Labute approximate surface area is 201 Å². The summed E-state index contributed by atoms with van der Waals surface area (Å²) in [6, 6.07) is 17.0. The van der Waals surface area contributed by atoms with Crippen molar-refractivity contribution in [3.8, 4) is 5.69 Å². The summed E-state index contributed by atoms with van der Waals surface area (Å²) in [5, 5.41) is 7.79. The minimum atomic E-state index is -3.16. The number of nitrogens with zero attached hydrogens (tertiary/aromatic N) is 4. The molecule has 9 heteroatoms. The normalized spacial score (nSPS) is 11.6. The number of hydrogen-bond acceptors (Lipinski definition) is 4. The van der Waals surface area contributed by atoms with E-state index in [9.17, 15) is 8.42 Å². The molecule has 166 valence electrons. The highest BCUT2D eigenvalue weighted by Crippen LogP contribution is 2.11. The molecule has 1 N–H and O–H groups in total. The minimum Gasteiger partial charge on any atom is -0.356 e. The lowest BCUT2D eigenvalue weighted by atomic mass is 10.1. The molecule has 0 saturated heterocycles. The van der Waals surface area contributed by atoms with Crippen LogP contribution in [0, 0.1) is 0 Å². The van der Waals surface area contributed by atoms with Gasteiger partial charge in [0.2, 0.25) is 0 Å². The third-order valence-corrected chi connectivity index (χ3v) is 5.83. The average molecular weight is 553 g/mol. The van der Waals surface area contributed by atoms with Gasteiger partial charge in [0, 0.05) is 45.2 Å². The van der Waals surface area contributed by atoms with Crippen molar-refractivity contribution in [1.82, 2.24) is 20.0 Å². The van der Waals surface area contributed by atoms with E-state index in [2.05, 4.69) is 15.4 Å². The van der Waals surface area contributed by atoms with Gasteiger partial charge in [0.1, 0.15) is 0 Å². The third-order valence-electron chi connectivity index (χ3n) is 4.70. The molecule has 0 unspecified atom stereocenters. The van der Waals surface area contributed by atoms with Gasteiger partial charge in [-0.2, -0.15) is 5.10 Å². The van der Waals surface area contributed by atoms with Crippen LogP contribution in [0.4, 0.5) is 0 Å². The Bertz CT molecular complexity index is 1100. The predicted molar refractivity (Wildman–Crippen MR) is 135 cm³/mol. The first-order chi connectivity index (χ1) is 14.4. The van der Waals surface area contributed by atoms with E-state index in [-0.39, 0.29) is 24.0 Å². The summed E-state index contributed by atoms with van der Waals surface area (Å²) in [7, 11) is 0.576. The first-order valence-corrected chi connectivity index (χ1v) is 11.6. The molecule has 2 aromatic carbocycles. The Hall–Kier alpha value is -2.40. The van der Waals surface area contributed by atoms with E-state index in [1.54, 1.807) is 19.2 Å². The third kappa shape index (κ3) is 7.06. The maximum Gasteiger partial charge on any atom is 0.193 e. The van der Waals surface area contributed by atoms with E-state index in [4.69, 9.17) is 0 Å². The predicted octanol–water partition coefficient (Wildman–Crippen LogP) is 3.14. The van der Waals surface area contributed by atoms with Crippen molar-refractivity contribution in [2.24, 2.45) is 4.99 Å². The molecule has 0 fully saturated rings. The van der Waals surface area contributed by atoms with Crippen molar-refractivity contribution in [3.63, 3.8) is 0 Å². The zero-order chi connectivity index (χ0) is 21.6. The van der Waals surface area contributed by atoms with Gasteiger partial charge in [0.05, 0.1) is 16.8 Å². The number of guanidine groups is 1. The highest BCUT2D eigenvalue weighted by molar-refractivity contribution is 14.0. The molecule has 0 aliphatic rings. The summed E-state index contributed by atoms with van der Waals surface area (Å²) in [5.41, 5.74) is 3.17. The molecular weight excluding hydrogens is 525 g/mol. The SMILES string of the molecule is CN=C(NCCc1ccc(S(C)(=O)=O)cc1)N(C)Cc1cnn(-c2ccccc2)c1.I. The molecule has 0 amide bonds. The van der Waals surface area contributed by atoms with Crippen molar-refractivity contribution in [1.29, 1.82) is 0 Å². The van der Waals surface area contributed by atoms with Crippen LogP contribution in [0.1, 0.15) is 11.1 Å². The number of rotatable bonds is 7. The van der Waals surface area contributed by atoms with Gasteiger partial charge in [-0.3, -0.25) is 4.99 Å².